The lowest BCUT2D eigenvalue weighted by Crippen LogP contribution is -2.48. The molecular weight excluding hydrogens is 222 g/mol. The molecule has 0 bridgehead atoms. The van der Waals surface area contributed by atoms with Crippen LogP contribution in [0.25, 0.3) is 0 Å². The highest BCUT2D eigenvalue weighted by Gasteiger charge is 2.23. The number of ether oxygens (including phenoxy) is 1. The van der Waals surface area contributed by atoms with Crippen molar-refractivity contribution in [2.45, 2.75) is 13.0 Å². The Morgan fingerprint density at radius 2 is 2.44 bits per heavy atom. The average molecular weight is 237 g/mol. The third-order valence-corrected chi connectivity index (χ3v) is 2.84. The Morgan fingerprint density at radius 3 is 3.12 bits per heavy atom. The van der Waals surface area contributed by atoms with E-state index in [1.807, 2.05) is 25.1 Å². The highest BCUT2D eigenvalue weighted by atomic mass is 32.1. The van der Waals surface area contributed by atoms with Crippen LogP contribution in [0.3, 0.4) is 0 Å². The summed E-state index contributed by atoms with van der Waals surface area (Å²) >= 11 is 4.95. The van der Waals surface area contributed by atoms with Gasteiger partial charge in [0, 0.05) is 12.2 Å². The molecule has 5 heteroatoms. The van der Waals surface area contributed by atoms with Gasteiger partial charge in [0.1, 0.15) is 16.9 Å². The molecule has 2 N–H and O–H groups in total. The second kappa shape index (κ2) is 4.76. The van der Waals surface area contributed by atoms with Crippen LogP contribution in [0.4, 0.5) is 5.82 Å². The third kappa shape index (κ3) is 2.48. The van der Waals surface area contributed by atoms with Gasteiger partial charge in [-0.25, -0.2) is 4.98 Å². The predicted octanol–water partition coefficient (Wildman–Crippen LogP) is 0.881. The summed E-state index contributed by atoms with van der Waals surface area (Å²) in [6, 6.07) is 5.98. The Hall–Kier alpha value is -1.20. The van der Waals surface area contributed by atoms with E-state index in [9.17, 15) is 0 Å². The topological polar surface area (TPSA) is 51.4 Å². The van der Waals surface area contributed by atoms with Crippen molar-refractivity contribution in [2.75, 3.05) is 24.6 Å². The van der Waals surface area contributed by atoms with Crippen LogP contribution in [0.1, 0.15) is 5.69 Å². The minimum absolute atomic E-state index is 0.161. The molecule has 1 fully saturated rings. The highest BCUT2D eigenvalue weighted by molar-refractivity contribution is 7.80. The number of nitrogens with two attached hydrogens (primary N) is 1. The van der Waals surface area contributed by atoms with Gasteiger partial charge in [-0.05, 0) is 19.1 Å². The Bertz CT molecular complexity index is 397. The van der Waals surface area contributed by atoms with E-state index in [1.165, 1.54) is 0 Å². The third-order valence-electron chi connectivity index (χ3n) is 2.58. The van der Waals surface area contributed by atoms with Crippen LogP contribution in [0.2, 0.25) is 0 Å². The summed E-state index contributed by atoms with van der Waals surface area (Å²) in [5.41, 5.74) is 6.61. The number of pyridine rings is 1. The van der Waals surface area contributed by atoms with Crippen LogP contribution in [-0.2, 0) is 4.74 Å². The van der Waals surface area contributed by atoms with Crippen LogP contribution in [0.15, 0.2) is 18.2 Å². The molecule has 0 saturated carbocycles. The average Bonchev–Trinajstić information content (AvgIpc) is 2.29. The molecule has 2 heterocycles. The van der Waals surface area contributed by atoms with Gasteiger partial charge in [-0.15, -0.1) is 0 Å². The Balaban J connectivity index is 2.12. The van der Waals surface area contributed by atoms with Crippen LogP contribution < -0.4 is 10.6 Å². The van der Waals surface area contributed by atoms with Crippen molar-refractivity contribution in [2.24, 2.45) is 5.73 Å². The number of rotatable bonds is 2. The smallest absolute Gasteiger partial charge is 0.128 e. The lowest BCUT2D eigenvalue weighted by atomic mass is 10.2. The maximum absolute atomic E-state index is 5.60. The molecule has 0 aromatic carbocycles. The quantitative estimate of drug-likeness (QED) is 0.774. The van der Waals surface area contributed by atoms with Crippen molar-refractivity contribution >= 4 is 23.0 Å². The molecule has 1 atom stereocenters. The maximum Gasteiger partial charge on any atom is 0.128 e. The molecule has 4 nitrogen and oxygen atoms in total. The standard InChI is InChI=1S/C11H15N3OS/c1-8-3-2-4-10(13-8)14-5-6-15-9(7-14)11(12)16/h2-4,9H,5-7H2,1H3,(H2,12,16). The monoisotopic (exact) mass is 237 g/mol. The number of aryl methyl sites for hydroxylation is 1. The molecule has 1 aromatic heterocycles. The first-order valence-electron chi connectivity index (χ1n) is 5.26. The molecule has 1 saturated heterocycles. The molecule has 86 valence electrons. The molecular formula is C11H15N3OS. The van der Waals surface area contributed by atoms with Gasteiger partial charge in [0.15, 0.2) is 0 Å². The summed E-state index contributed by atoms with van der Waals surface area (Å²) < 4.78 is 5.49. The second-order valence-electron chi connectivity index (χ2n) is 3.84. The molecule has 0 radical (unpaired) electrons. The SMILES string of the molecule is Cc1cccc(N2CCOC(C(N)=S)C2)n1. The van der Waals surface area contributed by atoms with E-state index < -0.39 is 0 Å². The van der Waals surface area contributed by atoms with Crippen LogP contribution in [0, 0.1) is 6.92 Å². The van der Waals surface area contributed by atoms with E-state index in [-0.39, 0.29) is 6.10 Å². The number of hydrogen-bond donors (Lipinski definition) is 1. The van der Waals surface area contributed by atoms with Crippen molar-refractivity contribution in [3.05, 3.63) is 23.9 Å². The van der Waals surface area contributed by atoms with Gasteiger partial charge in [0.05, 0.1) is 13.2 Å². The molecule has 1 unspecified atom stereocenters. The normalized spacial score (nSPS) is 20.8. The fourth-order valence-electron chi connectivity index (χ4n) is 1.73. The number of thiocarbonyl (C=S) groups is 1. The van der Waals surface area contributed by atoms with Crippen molar-refractivity contribution < 1.29 is 4.74 Å². The maximum atomic E-state index is 5.60. The van der Waals surface area contributed by atoms with E-state index in [0.29, 0.717) is 18.1 Å². The Morgan fingerprint density at radius 1 is 1.62 bits per heavy atom. The molecule has 0 aliphatic carbocycles. The first kappa shape index (κ1) is 11.3. The van der Waals surface area contributed by atoms with Gasteiger partial charge in [0.25, 0.3) is 0 Å². The van der Waals surface area contributed by atoms with E-state index in [1.54, 1.807) is 0 Å². The van der Waals surface area contributed by atoms with Gasteiger partial charge >= 0.3 is 0 Å². The summed E-state index contributed by atoms with van der Waals surface area (Å²) in [5, 5.41) is 0. The second-order valence-corrected chi connectivity index (χ2v) is 4.32. The van der Waals surface area contributed by atoms with E-state index in [4.69, 9.17) is 22.7 Å². The van der Waals surface area contributed by atoms with Gasteiger partial charge in [-0.2, -0.15) is 0 Å². The molecule has 1 aliphatic heterocycles. The molecule has 0 spiro atoms. The van der Waals surface area contributed by atoms with E-state index >= 15 is 0 Å². The summed E-state index contributed by atoms with van der Waals surface area (Å²) in [6.45, 7) is 4.13. The van der Waals surface area contributed by atoms with Gasteiger partial charge in [-0.1, -0.05) is 18.3 Å². The summed E-state index contributed by atoms with van der Waals surface area (Å²) in [6.07, 6.45) is -0.161. The van der Waals surface area contributed by atoms with Gasteiger partial charge < -0.3 is 15.4 Å². The van der Waals surface area contributed by atoms with Crippen molar-refractivity contribution in [3.8, 4) is 0 Å². The van der Waals surface area contributed by atoms with Crippen LogP contribution in [-0.4, -0.2) is 35.8 Å². The number of morpholine rings is 1. The Kier molecular flexibility index (Phi) is 3.36. The molecule has 1 aliphatic rings. The van der Waals surface area contributed by atoms with Crippen molar-refractivity contribution in [3.63, 3.8) is 0 Å². The fourth-order valence-corrected chi connectivity index (χ4v) is 1.88. The number of hydrogen-bond acceptors (Lipinski definition) is 4. The highest BCUT2D eigenvalue weighted by Crippen LogP contribution is 2.15. The largest absolute Gasteiger partial charge is 0.391 e. The molecule has 16 heavy (non-hydrogen) atoms. The van der Waals surface area contributed by atoms with Crippen LogP contribution >= 0.6 is 12.2 Å². The fraction of sp³-hybridized carbons (Fsp3) is 0.455. The van der Waals surface area contributed by atoms with E-state index in [0.717, 1.165) is 18.1 Å². The Labute approximate surface area is 100 Å². The molecule has 0 amide bonds. The number of aromatic nitrogens is 1. The minimum atomic E-state index is -0.161. The van der Waals surface area contributed by atoms with Crippen molar-refractivity contribution in [1.29, 1.82) is 0 Å². The number of nitrogens with zero attached hydrogens (tertiary/aromatic N) is 2. The van der Waals surface area contributed by atoms with Crippen molar-refractivity contribution in [1.82, 2.24) is 4.98 Å². The zero-order valence-corrected chi connectivity index (χ0v) is 10.0. The minimum Gasteiger partial charge on any atom is -0.391 e. The number of anilines is 1. The predicted molar refractivity (Wildman–Crippen MR) is 67.7 cm³/mol. The first-order chi connectivity index (χ1) is 7.66. The lowest BCUT2D eigenvalue weighted by molar-refractivity contribution is 0.0844. The summed E-state index contributed by atoms with van der Waals surface area (Å²) in [7, 11) is 0. The molecule has 1 aromatic rings. The van der Waals surface area contributed by atoms with Crippen LogP contribution in [0.5, 0.6) is 0 Å². The zero-order chi connectivity index (χ0) is 11.5. The molecule has 2 rings (SSSR count). The summed E-state index contributed by atoms with van der Waals surface area (Å²) in [5.74, 6) is 0.963. The van der Waals surface area contributed by atoms with Gasteiger partial charge in [0.2, 0.25) is 0 Å². The van der Waals surface area contributed by atoms with E-state index in [2.05, 4.69) is 9.88 Å². The summed E-state index contributed by atoms with van der Waals surface area (Å²) in [4.78, 5) is 7.04. The lowest BCUT2D eigenvalue weighted by Gasteiger charge is -2.33. The zero-order valence-electron chi connectivity index (χ0n) is 9.22. The van der Waals surface area contributed by atoms with Gasteiger partial charge in [-0.3, -0.25) is 0 Å². The first-order valence-corrected chi connectivity index (χ1v) is 5.67.